The summed E-state index contributed by atoms with van der Waals surface area (Å²) >= 11 is 1.49. The number of methoxy groups -OCH3 is 1. The van der Waals surface area contributed by atoms with Crippen molar-refractivity contribution in [1.82, 2.24) is 5.32 Å². The maximum atomic E-state index is 12.3. The van der Waals surface area contributed by atoms with Crippen molar-refractivity contribution in [3.8, 4) is 5.75 Å². The van der Waals surface area contributed by atoms with Crippen LogP contribution in [0.15, 0.2) is 40.6 Å². The van der Waals surface area contributed by atoms with Crippen molar-refractivity contribution >= 4 is 33.2 Å². The summed E-state index contributed by atoms with van der Waals surface area (Å²) in [5.74, 6) is -1.27. The molecule has 0 bridgehead atoms. The first kappa shape index (κ1) is 19.9. The Morgan fingerprint density at radius 1 is 1.31 bits per heavy atom. The minimum atomic E-state index is -4.00. The zero-order chi connectivity index (χ0) is 19.3. The summed E-state index contributed by atoms with van der Waals surface area (Å²) in [6.45, 7) is 1.74. The number of ether oxygens (including phenoxy) is 2. The van der Waals surface area contributed by atoms with Gasteiger partial charge in [0.25, 0.3) is 5.91 Å². The monoisotopic (exact) mass is 398 g/mol. The number of nitrogens with one attached hydrogen (secondary N) is 1. The highest BCUT2D eigenvalue weighted by Gasteiger charge is 2.23. The fourth-order valence-electron chi connectivity index (χ4n) is 2.03. The summed E-state index contributed by atoms with van der Waals surface area (Å²) in [6, 6.07) is 7.28. The van der Waals surface area contributed by atoms with Crippen molar-refractivity contribution < 1.29 is 27.5 Å². The molecular weight excluding hydrogens is 380 g/mol. The van der Waals surface area contributed by atoms with Crippen LogP contribution in [0.5, 0.6) is 5.75 Å². The van der Waals surface area contributed by atoms with Gasteiger partial charge in [-0.15, -0.1) is 11.3 Å². The number of primary sulfonamides is 1. The lowest BCUT2D eigenvalue weighted by atomic mass is 10.2. The molecule has 0 aliphatic heterocycles. The lowest BCUT2D eigenvalue weighted by molar-refractivity contribution is -0.129. The van der Waals surface area contributed by atoms with Crippen molar-refractivity contribution in [3.05, 3.63) is 46.2 Å². The smallest absolute Gasteiger partial charge is 0.342 e. The Bertz CT molecular complexity index is 893. The highest BCUT2D eigenvalue weighted by atomic mass is 32.2. The third-order valence-corrected chi connectivity index (χ3v) is 5.18. The van der Waals surface area contributed by atoms with Crippen LogP contribution in [0.2, 0.25) is 0 Å². The van der Waals surface area contributed by atoms with E-state index in [2.05, 4.69) is 5.32 Å². The molecule has 1 heterocycles. The zero-order valence-electron chi connectivity index (χ0n) is 14.1. The van der Waals surface area contributed by atoms with Crippen LogP contribution in [0.4, 0.5) is 0 Å². The fourth-order valence-corrected chi connectivity index (χ4v) is 3.22. The van der Waals surface area contributed by atoms with Gasteiger partial charge >= 0.3 is 5.97 Å². The van der Waals surface area contributed by atoms with Gasteiger partial charge < -0.3 is 14.8 Å². The number of hydrogen-bond donors (Lipinski definition) is 2. The van der Waals surface area contributed by atoms with E-state index in [1.807, 2.05) is 17.5 Å². The van der Waals surface area contributed by atoms with E-state index >= 15 is 0 Å². The number of carbonyl (C=O) groups excluding carboxylic acids is 2. The second kappa shape index (κ2) is 8.30. The van der Waals surface area contributed by atoms with Gasteiger partial charge in [0.05, 0.1) is 18.6 Å². The van der Waals surface area contributed by atoms with E-state index in [0.717, 1.165) is 10.9 Å². The Hall–Kier alpha value is -2.43. The molecule has 2 rings (SSSR count). The molecule has 2 aromatic rings. The maximum absolute atomic E-state index is 12.3. The number of hydrogen-bond acceptors (Lipinski definition) is 7. The predicted octanol–water partition coefficient (Wildman–Crippen LogP) is 1.27. The molecule has 0 saturated heterocycles. The molecule has 8 nitrogen and oxygen atoms in total. The van der Waals surface area contributed by atoms with Crippen molar-refractivity contribution in [2.75, 3.05) is 7.11 Å². The molecule has 1 atom stereocenters. The van der Waals surface area contributed by atoms with Gasteiger partial charge in [0, 0.05) is 4.88 Å². The molecule has 0 unspecified atom stereocenters. The molecule has 1 amide bonds. The van der Waals surface area contributed by atoms with Crippen LogP contribution < -0.4 is 15.2 Å². The number of benzene rings is 1. The highest BCUT2D eigenvalue weighted by Crippen LogP contribution is 2.23. The van der Waals surface area contributed by atoms with Crippen LogP contribution >= 0.6 is 11.3 Å². The Balaban J connectivity index is 2.09. The number of nitrogens with two attached hydrogens (primary N) is 1. The minimum absolute atomic E-state index is 0.105. The first-order valence-electron chi connectivity index (χ1n) is 7.44. The molecule has 140 valence electrons. The lowest BCUT2D eigenvalue weighted by Crippen LogP contribution is -2.35. The van der Waals surface area contributed by atoms with Gasteiger partial charge in [-0.05, 0) is 36.6 Å². The van der Waals surface area contributed by atoms with Crippen LogP contribution in [0.25, 0.3) is 0 Å². The lowest BCUT2D eigenvalue weighted by Gasteiger charge is -2.15. The standard InChI is InChI=1S/C16H18N2O6S2/c1-10(15(19)18-9-11-4-3-7-25-11)24-16(20)13-8-12(26(17,21)22)5-6-14(13)23-2/h3-8,10H,9H2,1-2H3,(H,18,19)(H2,17,21,22)/t10-/m1/s1. The Kier molecular flexibility index (Phi) is 6.35. The number of esters is 1. The number of thiophene rings is 1. The predicted molar refractivity (Wildman–Crippen MR) is 95.4 cm³/mol. The molecular formula is C16H18N2O6S2. The Labute approximate surface area is 155 Å². The summed E-state index contributed by atoms with van der Waals surface area (Å²) in [6.07, 6.45) is -1.08. The molecule has 3 N–H and O–H groups in total. The van der Waals surface area contributed by atoms with Crippen molar-refractivity contribution in [3.63, 3.8) is 0 Å². The molecule has 0 radical (unpaired) electrons. The van der Waals surface area contributed by atoms with E-state index in [1.165, 1.54) is 37.5 Å². The molecule has 0 aliphatic carbocycles. The maximum Gasteiger partial charge on any atom is 0.342 e. The zero-order valence-corrected chi connectivity index (χ0v) is 15.7. The Morgan fingerprint density at radius 2 is 2.04 bits per heavy atom. The van der Waals surface area contributed by atoms with Gasteiger partial charge in [0.1, 0.15) is 11.3 Å². The number of rotatable bonds is 7. The van der Waals surface area contributed by atoms with Crippen LogP contribution in [0.3, 0.4) is 0 Å². The van der Waals surface area contributed by atoms with E-state index in [9.17, 15) is 18.0 Å². The van der Waals surface area contributed by atoms with Gasteiger partial charge in [0.2, 0.25) is 10.0 Å². The van der Waals surface area contributed by atoms with Crippen molar-refractivity contribution in [2.24, 2.45) is 5.14 Å². The molecule has 0 spiro atoms. The molecule has 1 aromatic heterocycles. The topological polar surface area (TPSA) is 125 Å². The Morgan fingerprint density at radius 3 is 2.62 bits per heavy atom. The number of amides is 1. The van der Waals surface area contributed by atoms with E-state index in [1.54, 1.807) is 0 Å². The van der Waals surface area contributed by atoms with Gasteiger partial charge in [0.15, 0.2) is 6.10 Å². The van der Waals surface area contributed by atoms with E-state index < -0.39 is 28.0 Å². The summed E-state index contributed by atoms with van der Waals surface area (Å²) < 4.78 is 33.1. The molecule has 10 heteroatoms. The van der Waals surface area contributed by atoms with Crippen LogP contribution in [-0.4, -0.2) is 33.5 Å². The summed E-state index contributed by atoms with van der Waals surface area (Å²) in [4.78, 5) is 25.1. The SMILES string of the molecule is COc1ccc(S(N)(=O)=O)cc1C(=O)O[C@H](C)C(=O)NCc1cccs1. The average molecular weight is 398 g/mol. The van der Waals surface area contributed by atoms with Crippen LogP contribution in [-0.2, 0) is 26.1 Å². The largest absolute Gasteiger partial charge is 0.496 e. The molecule has 0 fully saturated rings. The minimum Gasteiger partial charge on any atom is -0.496 e. The molecule has 0 saturated carbocycles. The van der Waals surface area contributed by atoms with Crippen LogP contribution in [0, 0.1) is 0 Å². The van der Waals surface area contributed by atoms with Gasteiger partial charge in [-0.25, -0.2) is 18.4 Å². The van der Waals surface area contributed by atoms with Gasteiger partial charge in [-0.2, -0.15) is 0 Å². The normalized spacial score (nSPS) is 12.3. The first-order chi connectivity index (χ1) is 12.2. The average Bonchev–Trinajstić information content (AvgIpc) is 3.11. The second-order valence-electron chi connectivity index (χ2n) is 5.25. The van der Waals surface area contributed by atoms with Crippen LogP contribution in [0.1, 0.15) is 22.2 Å². The number of sulfonamides is 1. The molecule has 26 heavy (non-hydrogen) atoms. The summed E-state index contributed by atoms with van der Waals surface area (Å²) in [5.41, 5.74) is -0.142. The fraction of sp³-hybridized carbons (Fsp3) is 0.250. The van der Waals surface area contributed by atoms with E-state index in [0.29, 0.717) is 6.54 Å². The van der Waals surface area contributed by atoms with E-state index in [-0.39, 0.29) is 16.2 Å². The summed E-state index contributed by atoms with van der Waals surface area (Å²) in [5, 5.41) is 9.61. The van der Waals surface area contributed by atoms with Crippen molar-refractivity contribution in [2.45, 2.75) is 24.5 Å². The summed E-state index contributed by atoms with van der Waals surface area (Å²) in [7, 11) is -2.68. The molecule has 0 aliphatic rings. The van der Waals surface area contributed by atoms with E-state index in [4.69, 9.17) is 14.6 Å². The third-order valence-electron chi connectivity index (χ3n) is 3.39. The van der Waals surface area contributed by atoms with Gasteiger partial charge in [-0.1, -0.05) is 6.07 Å². The third kappa shape index (κ3) is 5.04. The van der Waals surface area contributed by atoms with Gasteiger partial charge in [-0.3, -0.25) is 4.79 Å². The number of carbonyl (C=O) groups is 2. The quantitative estimate of drug-likeness (QED) is 0.677. The van der Waals surface area contributed by atoms with Crippen molar-refractivity contribution in [1.29, 1.82) is 0 Å². The highest BCUT2D eigenvalue weighted by molar-refractivity contribution is 7.89. The molecule has 1 aromatic carbocycles. The first-order valence-corrected chi connectivity index (χ1v) is 9.87. The second-order valence-corrected chi connectivity index (χ2v) is 7.85.